The van der Waals surface area contributed by atoms with Crippen LogP contribution in [0.25, 0.3) is 0 Å². The van der Waals surface area contributed by atoms with Crippen LogP contribution >= 0.6 is 11.6 Å². The number of nitrogens with zero attached hydrogens (tertiary/aromatic N) is 3. The van der Waals surface area contributed by atoms with E-state index in [0.717, 1.165) is 0 Å². The van der Waals surface area contributed by atoms with Crippen LogP contribution in [0.15, 0.2) is 0 Å². The first kappa shape index (κ1) is 17.2. The Balaban J connectivity index is 2.32. The van der Waals surface area contributed by atoms with Gasteiger partial charge in [-0.3, -0.25) is 0 Å². The van der Waals surface area contributed by atoms with Crippen LogP contribution in [0, 0.1) is 0 Å². The molecule has 0 spiro atoms. The van der Waals surface area contributed by atoms with E-state index in [-0.39, 0.29) is 30.0 Å². The van der Waals surface area contributed by atoms with Crippen molar-refractivity contribution in [3.8, 4) is 0 Å². The van der Waals surface area contributed by atoms with Crippen molar-refractivity contribution in [2.24, 2.45) is 0 Å². The summed E-state index contributed by atoms with van der Waals surface area (Å²) in [6.07, 6.45) is -1.46. The number of aromatic nitrogens is 3. The molecule has 1 heterocycles. The van der Waals surface area contributed by atoms with Crippen LogP contribution in [0.2, 0.25) is 5.15 Å². The molecule has 10 heteroatoms. The second kappa shape index (κ2) is 7.23. The highest BCUT2D eigenvalue weighted by Crippen LogP contribution is 2.11. The number of anilines is 2. The second-order valence-electron chi connectivity index (χ2n) is 5.23. The number of aliphatic hydroxyl groups excluding tert-OH is 1. The molecule has 0 aliphatic rings. The number of nitrogens with two attached hydrogens (primary N) is 1. The quantitative estimate of drug-likeness (QED) is 0.612. The first-order valence-electron chi connectivity index (χ1n) is 6.22. The Kier molecular flexibility index (Phi) is 5.91. The number of ether oxygens (including phenoxy) is 1. The molecule has 0 saturated heterocycles. The average molecular weight is 319 g/mol. The van der Waals surface area contributed by atoms with Crippen molar-refractivity contribution in [1.29, 1.82) is 0 Å². The molecule has 0 aliphatic heterocycles. The highest BCUT2D eigenvalue weighted by molar-refractivity contribution is 6.31. The number of hydrogen-bond donors (Lipinski definition) is 4. The summed E-state index contributed by atoms with van der Waals surface area (Å²) in [5, 5.41) is 22.1. The molecule has 118 valence electrons. The lowest BCUT2D eigenvalue weighted by atomic mass is 10.2. The number of rotatable bonds is 5. The van der Waals surface area contributed by atoms with Crippen LogP contribution in [0.3, 0.4) is 0 Å². The van der Waals surface area contributed by atoms with E-state index in [4.69, 9.17) is 22.1 Å². The third-order valence-electron chi connectivity index (χ3n) is 2.05. The fourth-order valence-corrected chi connectivity index (χ4v) is 1.28. The van der Waals surface area contributed by atoms with Crippen LogP contribution in [0.1, 0.15) is 20.8 Å². The molecule has 0 fully saturated rings. The van der Waals surface area contributed by atoms with Gasteiger partial charge in [-0.05, 0) is 20.8 Å². The van der Waals surface area contributed by atoms with E-state index < -0.39 is 17.8 Å². The summed E-state index contributed by atoms with van der Waals surface area (Å²) in [5.74, 6) is 0.170. The van der Waals surface area contributed by atoms with Crippen molar-refractivity contribution in [3.05, 3.63) is 5.15 Å². The maximum atomic E-state index is 11.4. The van der Waals surface area contributed by atoms with E-state index in [0.29, 0.717) is 0 Å². The zero-order chi connectivity index (χ0) is 16.0. The van der Waals surface area contributed by atoms with Gasteiger partial charge in [0.05, 0.1) is 6.10 Å². The fraction of sp³-hybridized carbons (Fsp3) is 0.636. The van der Waals surface area contributed by atoms with Gasteiger partial charge in [-0.25, -0.2) is 4.79 Å². The van der Waals surface area contributed by atoms with E-state index >= 15 is 0 Å². The lowest BCUT2D eigenvalue weighted by Crippen LogP contribution is -2.39. The van der Waals surface area contributed by atoms with Crippen LogP contribution in [0.5, 0.6) is 0 Å². The monoisotopic (exact) mass is 318 g/mol. The van der Waals surface area contributed by atoms with Crippen molar-refractivity contribution >= 4 is 29.5 Å². The van der Waals surface area contributed by atoms with Gasteiger partial charge < -0.3 is 26.2 Å². The highest BCUT2D eigenvalue weighted by Gasteiger charge is 2.16. The van der Waals surface area contributed by atoms with E-state index in [1.165, 1.54) is 0 Å². The zero-order valence-electron chi connectivity index (χ0n) is 12.1. The predicted molar refractivity (Wildman–Crippen MR) is 78.0 cm³/mol. The number of amides is 1. The smallest absolute Gasteiger partial charge is 0.407 e. The van der Waals surface area contributed by atoms with E-state index in [1.54, 1.807) is 20.8 Å². The van der Waals surface area contributed by atoms with Crippen molar-refractivity contribution < 1.29 is 14.6 Å². The number of aliphatic hydroxyl groups is 1. The Labute approximate surface area is 127 Å². The Morgan fingerprint density at radius 3 is 2.67 bits per heavy atom. The third kappa shape index (κ3) is 6.91. The maximum Gasteiger partial charge on any atom is 0.407 e. The Morgan fingerprint density at radius 1 is 1.43 bits per heavy atom. The van der Waals surface area contributed by atoms with Crippen LogP contribution in [0.4, 0.5) is 16.6 Å². The number of carbonyl (C=O) groups is 1. The van der Waals surface area contributed by atoms with Crippen LogP contribution < -0.4 is 16.4 Å². The predicted octanol–water partition coefficient (Wildman–Crippen LogP) is 0.405. The van der Waals surface area contributed by atoms with Gasteiger partial charge in [0, 0.05) is 13.1 Å². The maximum absolute atomic E-state index is 11.4. The molecule has 1 rings (SSSR count). The van der Waals surface area contributed by atoms with E-state index in [9.17, 15) is 9.90 Å². The zero-order valence-corrected chi connectivity index (χ0v) is 12.8. The molecule has 0 radical (unpaired) electrons. The summed E-state index contributed by atoms with van der Waals surface area (Å²) in [5.41, 5.74) is 4.87. The molecule has 1 aromatic heterocycles. The normalized spacial score (nSPS) is 12.6. The molecule has 1 amide bonds. The molecule has 9 nitrogen and oxygen atoms in total. The van der Waals surface area contributed by atoms with Crippen molar-refractivity contribution in [3.63, 3.8) is 0 Å². The minimum atomic E-state index is -0.863. The summed E-state index contributed by atoms with van der Waals surface area (Å²) in [6, 6.07) is 0. The van der Waals surface area contributed by atoms with Gasteiger partial charge >= 0.3 is 6.09 Å². The van der Waals surface area contributed by atoms with Gasteiger partial charge in [-0.15, -0.1) is 10.2 Å². The van der Waals surface area contributed by atoms with Crippen molar-refractivity contribution in [1.82, 2.24) is 20.5 Å². The van der Waals surface area contributed by atoms with E-state index in [2.05, 4.69) is 25.8 Å². The molecule has 0 aliphatic carbocycles. The molecule has 1 unspecified atom stereocenters. The first-order valence-corrected chi connectivity index (χ1v) is 6.59. The largest absolute Gasteiger partial charge is 0.444 e. The summed E-state index contributed by atoms with van der Waals surface area (Å²) < 4.78 is 5.03. The Bertz CT molecular complexity index is 493. The third-order valence-corrected chi connectivity index (χ3v) is 2.32. The minimum Gasteiger partial charge on any atom is -0.444 e. The highest BCUT2D eigenvalue weighted by atomic mass is 35.5. The van der Waals surface area contributed by atoms with Crippen LogP contribution in [-0.4, -0.2) is 51.2 Å². The lowest BCUT2D eigenvalue weighted by Gasteiger charge is -2.20. The Hall–Kier alpha value is -1.87. The first-order chi connectivity index (χ1) is 9.67. The Morgan fingerprint density at radius 2 is 2.10 bits per heavy atom. The van der Waals surface area contributed by atoms with Gasteiger partial charge in [0.15, 0.2) is 11.0 Å². The van der Waals surface area contributed by atoms with Crippen molar-refractivity contribution in [2.75, 3.05) is 24.1 Å². The van der Waals surface area contributed by atoms with Gasteiger partial charge in [0.2, 0.25) is 5.95 Å². The molecule has 0 saturated carbocycles. The van der Waals surface area contributed by atoms with Crippen LogP contribution in [-0.2, 0) is 4.74 Å². The number of alkyl carbamates (subject to hydrolysis) is 1. The molecular weight excluding hydrogens is 300 g/mol. The SMILES string of the molecule is CC(C)(C)OC(=O)NCC(O)CNc1nnc(Cl)c(N)n1. The molecule has 1 aromatic rings. The number of hydrogen-bond acceptors (Lipinski definition) is 8. The molecule has 1 atom stereocenters. The number of carbonyl (C=O) groups excluding carboxylic acids is 1. The summed E-state index contributed by atoms with van der Waals surface area (Å²) in [7, 11) is 0. The molecule has 21 heavy (non-hydrogen) atoms. The van der Waals surface area contributed by atoms with E-state index in [1.807, 2.05) is 0 Å². The summed E-state index contributed by atoms with van der Waals surface area (Å²) in [6.45, 7) is 5.36. The lowest BCUT2D eigenvalue weighted by molar-refractivity contribution is 0.0496. The topological polar surface area (TPSA) is 135 Å². The average Bonchev–Trinajstić information content (AvgIpc) is 2.36. The second-order valence-corrected chi connectivity index (χ2v) is 5.59. The molecular formula is C11H19ClN6O3. The standard InChI is InChI=1S/C11H19ClN6O3/c1-11(2,3)21-10(20)15-5-6(19)4-14-9-16-8(13)7(12)17-18-9/h6,19H,4-5H2,1-3H3,(H,15,20)(H3,13,14,16,18). The molecule has 5 N–H and O–H groups in total. The van der Waals surface area contributed by atoms with Gasteiger partial charge in [0.25, 0.3) is 0 Å². The fourth-order valence-electron chi connectivity index (χ4n) is 1.20. The molecule has 0 bridgehead atoms. The summed E-state index contributed by atoms with van der Waals surface area (Å²) >= 11 is 5.58. The minimum absolute atomic E-state index is 0.00712. The van der Waals surface area contributed by atoms with Gasteiger partial charge in [-0.2, -0.15) is 4.98 Å². The van der Waals surface area contributed by atoms with Gasteiger partial charge in [-0.1, -0.05) is 11.6 Å². The van der Waals surface area contributed by atoms with Crippen molar-refractivity contribution in [2.45, 2.75) is 32.5 Å². The summed E-state index contributed by atoms with van der Waals surface area (Å²) in [4.78, 5) is 15.2. The van der Waals surface area contributed by atoms with Gasteiger partial charge in [0.1, 0.15) is 5.60 Å². The number of nitrogens with one attached hydrogen (secondary N) is 2. The molecule has 0 aromatic carbocycles. The number of halogens is 1. The number of nitrogen functional groups attached to an aromatic ring is 1.